The van der Waals surface area contributed by atoms with Crippen LogP contribution >= 0.6 is 0 Å². The first kappa shape index (κ1) is 20.4. The summed E-state index contributed by atoms with van der Waals surface area (Å²) in [6.07, 6.45) is -1.66. The van der Waals surface area contributed by atoms with E-state index < -0.39 is 23.0 Å². The van der Waals surface area contributed by atoms with Crippen LogP contribution in [0.25, 0.3) is 22.0 Å². The van der Waals surface area contributed by atoms with Crippen LogP contribution in [0, 0.1) is 5.41 Å². The molecule has 0 saturated carbocycles. The summed E-state index contributed by atoms with van der Waals surface area (Å²) in [5.41, 5.74) is 11.6. The third-order valence-electron chi connectivity index (χ3n) is 6.68. The lowest BCUT2D eigenvalue weighted by molar-refractivity contribution is -0.136. The maximum Gasteiger partial charge on any atom is 0.421 e. The molecule has 1 amide bonds. The minimum absolute atomic E-state index is 0.00917. The number of benzene rings is 1. The molecule has 3 aromatic rings. The number of hydrogen-bond acceptors (Lipinski definition) is 6. The van der Waals surface area contributed by atoms with E-state index in [4.69, 9.17) is 11.5 Å². The Kier molecular flexibility index (Phi) is 4.47. The molecule has 2 fully saturated rings. The molecule has 11 heteroatoms. The van der Waals surface area contributed by atoms with Crippen molar-refractivity contribution in [2.45, 2.75) is 25.4 Å². The van der Waals surface area contributed by atoms with E-state index in [1.165, 1.54) is 6.20 Å². The maximum atomic E-state index is 14.1. The van der Waals surface area contributed by atoms with Gasteiger partial charge in [-0.2, -0.15) is 18.3 Å². The summed E-state index contributed by atoms with van der Waals surface area (Å²) in [4.78, 5) is 17.9. The van der Waals surface area contributed by atoms with Crippen LogP contribution < -0.4 is 21.7 Å². The molecule has 168 valence electrons. The van der Waals surface area contributed by atoms with E-state index in [0.29, 0.717) is 66.7 Å². The predicted molar refractivity (Wildman–Crippen MR) is 115 cm³/mol. The fourth-order valence-corrected chi connectivity index (χ4v) is 4.90. The van der Waals surface area contributed by atoms with Crippen molar-refractivity contribution in [2.24, 2.45) is 5.41 Å². The number of nitrogens with one attached hydrogen (secondary N) is 2. The van der Waals surface area contributed by atoms with Crippen molar-refractivity contribution >= 4 is 34.1 Å². The summed E-state index contributed by atoms with van der Waals surface area (Å²) >= 11 is 0. The lowest BCUT2D eigenvalue weighted by atomic mass is 9.77. The zero-order valence-corrected chi connectivity index (χ0v) is 17.1. The van der Waals surface area contributed by atoms with Crippen molar-refractivity contribution in [3.8, 4) is 11.1 Å². The number of piperidine rings is 1. The zero-order chi connectivity index (χ0) is 22.7. The number of amides is 1. The second-order valence-corrected chi connectivity index (χ2v) is 8.42. The summed E-state index contributed by atoms with van der Waals surface area (Å²) < 4.78 is 42.4. The van der Waals surface area contributed by atoms with Crippen molar-refractivity contribution in [1.29, 1.82) is 0 Å². The molecule has 0 aliphatic carbocycles. The molecule has 32 heavy (non-hydrogen) atoms. The molecule has 0 atom stereocenters. The Morgan fingerprint density at radius 1 is 1.09 bits per heavy atom. The molecule has 2 aliphatic rings. The number of aromatic nitrogens is 3. The van der Waals surface area contributed by atoms with E-state index in [9.17, 15) is 18.0 Å². The molecule has 4 heterocycles. The van der Waals surface area contributed by atoms with Crippen LogP contribution in [-0.2, 0) is 11.0 Å². The van der Waals surface area contributed by atoms with Gasteiger partial charge in [-0.1, -0.05) is 6.07 Å². The average Bonchev–Trinajstić information content (AvgIpc) is 3.30. The van der Waals surface area contributed by atoms with Gasteiger partial charge in [0.2, 0.25) is 5.91 Å². The number of halogens is 3. The van der Waals surface area contributed by atoms with Crippen LogP contribution in [-0.4, -0.2) is 40.7 Å². The SMILES string of the molecule is Nc1ncc(-c2ccc3c(N)n[nH]c3c2)c(N2CCC3(CCNC3=O)CC2)c1C(F)(F)F. The van der Waals surface area contributed by atoms with Gasteiger partial charge in [0, 0.05) is 36.8 Å². The molecule has 1 spiro atoms. The summed E-state index contributed by atoms with van der Waals surface area (Å²) in [5.74, 6) is -0.263. The Morgan fingerprint density at radius 3 is 2.50 bits per heavy atom. The highest BCUT2D eigenvalue weighted by atomic mass is 19.4. The number of aromatic amines is 1. The van der Waals surface area contributed by atoms with Crippen LogP contribution in [0.1, 0.15) is 24.8 Å². The van der Waals surface area contributed by atoms with E-state index in [0.717, 1.165) is 0 Å². The predicted octanol–water partition coefficient (Wildman–Crippen LogP) is 2.91. The highest BCUT2D eigenvalue weighted by molar-refractivity contribution is 5.94. The second kappa shape index (κ2) is 7.01. The molecule has 2 saturated heterocycles. The molecule has 8 nitrogen and oxygen atoms in total. The number of nitrogens with two attached hydrogens (primary N) is 2. The number of alkyl halides is 3. The number of nitrogens with zero attached hydrogens (tertiary/aromatic N) is 3. The lowest BCUT2D eigenvalue weighted by Crippen LogP contribution is -2.44. The number of anilines is 3. The van der Waals surface area contributed by atoms with Crippen LogP contribution in [0.2, 0.25) is 0 Å². The van der Waals surface area contributed by atoms with Crippen LogP contribution in [0.15, 0.2) is 24.4 Å². The Balaban J connectivity index is 1.62. The van der Waals surface area contributed by atoms with Gasteiger partial charge in [-0.25, -0.2) is 4.98 Å². The van der Waals surface area contributed by atoms with Crippen molar-refractivity contribution < 1.29 is 18.0 Å². The van der Waals surface area contributed by atoms with Gasteiger partial charge in [-0.3, -0.25) is 9.89 Å². The fourth-order valence-electron chi connectivity index (χ4n) is 4.90. The Hall–Kier alpha value is -3.50. The number of H-pyrrole nitrogens is 1. The topological polar surface area (TPSA) is 126 Å². The molecule has 0 radical (unpaired) electrons. The monoisotopic (exact) mass is 445 g/mol. The molecule has 1 aromatic carbocycles. The Labute approximate surface area is 181 Å². The summed E-state index contributed by atoms with van der Waals surface area (Å²) in [6, 6.07) is 5.11. The molecule has 2 aromatic heterocycles. The lowest BCUT2D eigenvalue weighted by Gasteiger charge is -2.40. The van der Waals surface area contributed by atoms with Gasteiger partial charge in [-0.05, 0) is 37.0 Å². The van der Waals surface area contributed by atoms with E-state index >= 15 is 0 Å². The number of carbonyl (C=O) groups is 1. The standard InChI is InChI=1S/C21H22F3N7O/c22-21(23,24)15-16(31-7-4-20(5-8-31)3-6-27-19(20)32)13(10-28-18(15)26)11-1-2-12-14(9-11)29-30-17(12)25/h1-2,9-10H,3-8H2,(H2,26,28)(H,27,32)(H3,25,29,30). The summed E-state index contributed by atoms with van der Waals surface area (Å²) in [5, 5.41) is 10.3. The van der Waals surface area contributed by atoms with E-state index in [2.05, 4.69) is 20.5 Å². The molecule has 2 aliphatic heterocycles. The van der Waals surface area contributed by atoms with Crippen LogP contribution in [0.4, 0.5) is 30.5 Å². The number of hydrogen-bond donors (Lipinski definition) is 4. The molecule has 0 unspecified atom stereocenters. The molecule has 0 bridgehead atoms. The largest absolute Gasteiger partial charge is 0.421 e. The van der Waals surface area contributed by atoms with E-state index in [1.54, 1.807) is 23.1 Å². The van der Waals surface area contributed by atoms with Gasteiger partial charge in [0.05, 0.1) is 16.6 Å². The van der Waals surface area contributed by atoms with E-state index in [1.807, 2.05) is 0 Å². The van der Waals surface area contributed by atoms with Gasteiger partial charge in [-0.15, -0.1) is 0 Å². The van der Waals surface area contributed by atoms with Gasteiger partial charge in [0.25, 0.3) is 0 Å². The van der Waals surface area contributed by atoms with Crippen molar-refractivity contribution in [3.63, 3.8) is 0 Å². The molecule has 5 rings (SSSR count). The number of pyridine rings is 1. The quantitative estimate of drug-likeness (QED) is 0.481. The zero-order valence-electron chi connectivity index (χ0n) is 17.1. The molecular weight excluding hydrogens is 423 g/mol. The van der Waals surface area contributed by atoms with Gasteiger partial charge < -0.3 is 21.7 Å². The number of carbonyl (C=O) groups excluding carboxylic acids is 1. The maximum absolute atomic E-state index is 14.1. The molecular formula is C21H22F3N7O. The summed E-state index contributed by atoms with van der Waals surface area (Å²) in [7, 11) is 0. The Morgan fingerprint density at radius 2 is 1.84 bits per heavy atom. The van der Waals surface area contributed by atoms with E-state index in [-0.39, 0.29) is 11.6 Å². The highest BCUT2D eigenvalue weighted by Gasteiger charge is 2.46. The first-order valence-electron chi connectivity index (χ1n) is 10.3. The first-order chi connectivity index (χ1) is 15.2. The third kappa shape index (κ3) is 3.10. The average molecular weight is 445 g/mol. The van der Waals surface area contributed by atoms with Gasteiger partial charge >= 0.3 is 6.18 Å². The van der Waals surface area contributed by atoms with Crippen molar-refractivity contribution in [3.05, 3.63) is 30.0 Å². The van der Waals surface area contributed by atoms with Crippen molar-refractivity contribution in [2.75, 3.05) is 36.0 Å². The number of nitrogen functional groups attached to an aromatic ring is 2. The third-order valence-corrected chi connectivity index (χ3v) is 6.68. The minimum Gasteiger partial charge on any atom is -0.383 e. The van der Waals surface area contributed by atoms with Crippen LogP contribution in [0.5, 0.6) is 0 Å². The van der Waals surface area contributed by atoms with Crippen molar-refractivity contribution in [1.82, 2.24) is 20.5 Å². The summed E-state index contributed by atoms with van der Waals surface area (Å²) in [6.45, 7) is 1.23. The molecule has 6 N–H and O–H groups in total. The normalized spacial score (nSPS) is 18.5. The fraction of sp³-hybridized carbons (Fsp3) is 0.381. The highest BCUT2D eigenvalue weighted by Crippen LogP contribution is 2.47. The van der Waals surface area contributed by atoms with Gasteiger partial charge in [0.15, 0.2) is 5.82 Å². The smallest absolute Gasteiger partial charge is 0.383 e. The Bertz CT molecular complexity index is 1210. The van der Waals surface area contributed by atoms with Gasteiger partial charge in [0.1, 0.15) is 11.4 Å². The first-order valence-corrected chi connectivity index (χ1v) is 10.3. The number of rotatable bonds is 2. The van der Waals surface area contributed by atoms with Crippen LogP contribution in [0.3, 0.4) is 0 Å². The second-order valence-electron chi connectivity index (χ2n) is 8.42. The number of fused-ring (bicyclic) bond motifs is 1. The minimum atomic E-state index is -4.69.